The first-order valence-corrected chi connectivity index (χ1v) is 6.83. The van der Waals surface area contributed by atoms with Gasteiger partial charge in [-0.15, -0.1) is 0 Å². The van der Waals surface area contributed by atoms with Crippen LogP contribution in [-0.4, -0.2) is 22.3 Å². The molecule has 1 aromatic carbocycles. The zero-order valence-corrected chi connectivity index (χ0v) is 13.1. The lowest BCUT2D eigenvalue weighted by molar-refractivity contribution is -0.0693. The smallest absolute Gasteiger partial charge is 0.232 e. The molecule has 6 nitrogen and oxygen atoms in total. The van der Waals surface area contributed by atoms with E-state index in [1.54, 1.807) is 0 Å². The van der Waals surface area contributed by atoms with Crippen LogP contribution in [-0.2, 0) is 0 Å². The molecule has 0 aliphatic heterocycles. The molecule has 0 aliphatic carbocycles. The Kier molecular flexibility index (Phi) is 4.94. The number of aromatic nitrogens is 2. The standard InChI is InChI=1S/C16H2F6N6/c17-15(18,19)9(3-23)7-1-2-8(10(4-24)16(20,21)22)14-13(7)27-11(5-25)12(6-26)28-14/h1-2H/b9-7+,10-8+. The highest BCUT2D eigenvalue weighted by Crippen LogP contribution is 2.27. The number of nitrogens with zero attached hydrogens (tertiary/aromatic N) is 6. The van der Waals surface area contributed by atoms with Crippen LogP contribution in [0.3, 0.4) is 0 Å². The highest BCUT2D eigenvalue weighted by Gasteiger charge is 2.37. The average molecular weight is 392 g/mol. The molecule has 0 amide bonds. The zero-order valence-electron chi connectivity index (χ0n) is 13.1. The molecule has 0 radical (unpaired) electrons. The summed E-state index contributed by atoms with van der Waals surface area (Å²) in [5, 5.41) is 33.8. The van der Waals surface area contributed by atoms with Gasteiger partial charge < -0.3 is 0 Å². The predicted octanol–water partition coefficient (Wildman–Crippen LogP) is 1.85. The monoisotopic (exact) mass is 392 g/mol. The summed E-state index contributed by atoms with van der Waals surface area (Å²) in [5.41, 5.74) is -6.84. The van der Waals surface area contributed by atoms with Gasteiger partial charge in [0, 0.05) is 10.4 Å². The number of alkyl halides is 6. The van der Waals surface area contributed by atoms with Crippen molar-refractivity contribution in [3.8, 4) is 24.3 Å². The van der Waals surface area contributed by atoms with Crippen molar-refractivity contribution >= 4 is 22.2 Å². The lowest BCUT2D eigenvalue weighted by atomic mass is 10.1. The lowest BCUT2D eigenvalue weighted by Crippen LogP contribution is -2.26. The summed E-state index contributed by atoms with van der Waals surface area (Å²) in [4.78, 5) is 7.00. The Labute approximate surface area is 151 Å². The molecule has 0 fully saturated rings. The van der Waals surface area contributed by atoms with Gasteiger partial charge in [0.1, 0.15) is 35.4 Å². The molecule has 138 valence electrons. The summed E-state index contributed by atoms with van der Waals surface area (Å²) in [6, 6.07) is 5.61. The van der Waals surface area contributed by atoms with Gasteiger partial charge in [0.2, 0.25) is 0 Å². The minimum atomic E-state index is -5.18. The topological polar surface area (TPSA) is 121 Å². The average Bonchev–Trinajstić information content (AvgIpc) is 2.60. The molecule has 2 rings (SSSR count). The maximum atomic E-state index is 13.1. The van der Waals surface area contributed by atoms with Gasteiger partial charge in [-0.05, 0) is 0 Å². The van der Waals surface area contributed by atoms with Crippen LogP contribution >= 0.6 is 0 Å². The predicted molar refractivity (Wildman–Crippen MR) is 78.4 cm³/mol. The van der Waals surface area contributed by atoms with Crippen molar-refractivity contribution in [1.29, 1.82) is 21.0 Å². The van der Waals surface area contributed by atoms with Crippen molar-refractivity contribution in [2.45, 2.75) is 12.4 Å². The van der Waals surface area contributed by atoms with Gasteiger partial charge in [0.25, 0.3) is 0 Å². The highest BCUT2D eigenvalue weighted by molar-refractivity contribution is 5.85. The zero-order chi connectivity index (χ0) is 21.3. The third-order valence-corrected chi connectivity index (χ3v) is 3.36. The first kappa shape index (κ1) is 20.2. The molecule has 0 aliphatic rings. The van der Waals surface area contributed by atoms with Crippen LogP contribution in [0.5, 0.6) is 0 Å². The van der Waals surface area contributed by atoms with Crippen LogP contribution in [0.2, 0.25) is 0 Å². The van der Waals surface area contributed by atoms with E-state index in [9.17, 15) is 26.3 Å². The first-order chi connectivity index (χ1) is 13.0. The molecule has 28 heavy (non-hydrogen) atoms. The fourth-order valence-corrected chi connectivity index (χ4v) is 2.25. The number of benzene rings is 1. The molecule has 0 bridgehead atoms. The summed E-state index contributed by atoms with van der Waals surface area (Å²) in [6.07, 6.45) is -10.4. The highest BCUT2D eigenvalue weighted by atomic mass is 19.4. The van der Waals surface area contributed by atoms with Crippen molar-refractivity contribution in [3.05, 3.63) is 34.0 Å². The molecule has 0 saturated heterocycles. The number of fused-ring (bicyclic) bond motifs is 1. The van der Waals surface area contributed by atoms with Gasteiger partial charge in [0.05, 0.1) is 11.0 Å². The normalized spacial score (nSPS) is 13.6. The summed E-state index contributed by atoms with van der Waals surface area (Å²) in [7, 11) is 0. The quantitative estimate of drug-likeness (QED) is 0.631. The van der Waals surface area contributed by atoms with Crippen molar-refractivity contribution in [2.24, 2.45) is 0 Å². The van der Waals surface area contributed by atoms with E-state index in [2.05, 4.69) is 9.97 Å². The van der Waals surface area contributed by atoms with E-state index in [4.69, 9.17) is 21.0 Å². The third-order valence-electron chi connectivity index (χ3n) is 3.36. The molecular formula is C16H2F6N6. The third kappa shape index (κ3) is 3.40. The Balaban J connectivity index is 3.37. The van der Waals surface area contributed by atoms with E-state index in [-0.39, 0.29) is 0 Å². The minimum Gasteiger partial charge on any atom is -0.232 e. The second-order valence-corrected chi connectivity index (χ2v) is 4.97. The van der Waals surface area contributed by atoms with Crippen molar-refractivity contribution in [1.82, 2.24) is 9.97 Å². The SMILES string of the molecule is N#C/C(=c1/cc/c(=C(/C#N)C(F)(F)F)c2nc(C#N)c(C#N)nc12)C(F)(F)F. The van der Waals surface area contributed by atoms with Crippen LogP contribution in [0.15, 0.2) is 12.1 Å². The van der Waals surface area contributed by atoms with Crippen molar-refractivity contribution in [2.75, 3.05) is 0 Å². The molecule has 1 aromatic heterocycles. The van der Waals surface area contributed by atoms with E-state index in [0.29, 0.717) is 12.1 Å². The molecule has 1 heterocycles. The Morgan fingerprint density at radius 2 is 1.00 bits per heavy atom. The Hall–Kier alpha value is -4.16. The van der Waals surface area contributed by atoms with E-state index >= 15 is 0 Å². The van der Waals surface area contributed by atoms with Gasteiger partial charge >= 0.3 is 12.4 Å². The molecule has 0 unspecified atom stereocenters. The number of hydrogen-bond acceptors (Lipinski definition) is 6. The Bertz CT molecular complexity index is 1180. The summed E-state index contributed by atoms with van der Waals surface area (Å²) in [6.45, 7) is 0. The van der Waals surface area contributed by atoms with Gasteiger partial charge in [-0.25, -0.2) is 9.97 Å². The van der Waals surface area contributed by atoms with E-state index in [1.165, 1.54) is 12.1 Å². The Morgan fingerprint density at radius 1 is 0.679 bits per heavy atom. The lowest BCUT2D eigenvalue weighted by Gasteiger charge is -2.09. The molecule has 0 spiro atoms. The maximum absolute atomic E-state index is 13.1. The second-order valence-electron chi connectivity index (χ2n) is 4.97. The number of rotatable bonds is 0. The van der Waals surface area contributed by atoms with Crippen LogP contribution in [0.1, 0.15) is 11.4 Å². The number of nitriles is 4. The molecule has 12 heteroatoms. The van der Waals surface area contributed by atoms with Crippen LogP contribution in [0.4, 0.5) is 26.3 Å². The molecule has 0 N–H and O–H groups in total. The largest absolute Gasteiger partial charge is 0.426 e. The van der Waals surface area contributed by atoms with Gasteiger partial charge in [-0.3, -0.25) is 0 Å². The van der Waals surface area contributed by atoms with Crippen LogP contribution < -0.4 is 10.4 Å². The Morgan fingerprint density at radius 3 is 1.21 bits per heavy atom. The van der Waals surface area contributed by atoms with E-state index < -0.39 is 56.4 Å². The molecule has 2 aromatic rings. The fraction of sp³-hybridized carbons (Fsp3) is 0.125. The molecule has 0 saturated carbocycles. The van der Waals surface area contributed by atoms with Crippen LogP contribution in [0, 0.1) is 45.3 Å². The first-order valence-electron chi connectivity index (χ1n) is 6.83. The van der Waals surface area contributed by atoms with Gasteiger partial charge in [-0.2, -0.15) is 47.4 Å². The van der Waals surface area contributed by atoms with Gasteiger partial charge in [-0.1, -0.05) is 12.1 Å². The minimum absolute atomic E-state index is 0.522. The molecular weight excluding hydrogens is 390 g/mol. The fourth-order valence-electron chi connectivity index (χ4n) is 2.25. The van der Waals surface area contributed by atoms with Crippen LogP contribution in [0.25, 0.3) is 22.2 Å². The van der Waals surface area contributed by atoms with E-state index in [1.807, 2.05) is 0 Å². The summed E-state index contributed by atoms with van der Waals surface area (Å²) < 4.78 is 78.7. The van der Waals surface area contributed by atoms with E-state index in [0.717, 1.165) is 12.1 Å². The van der Waals surface area contributed by atoms with Gasteiger partial charge in [0.15, 0.2) is 11.4 Å². The maximum Gasteiger partial charge on any atom is 0.426 e. The number of halogens is 6. The van der Waals surface area contributed by atoms with Crippen molar-refractivity contribution in [3.63, 3.8) is 0 Å². The molecule has 0 atom stereocenters. The second kappa shape index (κ2) is 6.86. The van der Waals surface area contributed by atoms with Crippen molar-refractivity contribution < 1.29 is 26.3 Å². The summed E-state index contributed by atoms with van der Waals surface area (Å²) in [5.74, 6) is 0. The summed E-state index contributed by atoms with van der Waals surface area (Å²) >= 11 is 0. The number of hydrogen-bond donors (Lipinski definition) is 0.